The fraction of sp³-hybridized carbons (Fsp3) is 0.188. The molecule has 0 aliphatic rings. The number of thiazole rings is 1. The van der Waals surface area contributed by atoms with E-state index in [4.69, 9.17) is 16.3 Å². The highest BCUT2D eigenvalue weighted by Gasteiger charge is 2.19. The lowest BCUT2D eigenvalue weighted by molar-refractivity contribution is 0.0469. The fourth-order valence-electron chi connectivity index (χ4n) is 2.12. The standard InChI is InChI=1S/C16H14ClN3O2S2/c1-9-13(15(18-2)24-20-9)16(21)22-7-10-8-23-14(19-10)11-5-3-4-6-12(11)17/h3-6,8,18H,7H2,1-2H3. The predicted octanol–water partition coefficient (Wildman–Crippen LogP) is 4.63. The Labute approximate surface area is 152 Å². The molecule has 0 spiro atoms. The van der Waals surface area contributed by atoms with Gasteiger partial charge in [-0.15, -0.1) is 11.3 Å². The first kappa shape index (κ1) is 16.9. The SMILES string of the molecule is CNc1snc(C)c1C(=O)OCc1csc(-c2ccccc2Cl)n1. The molecule has 2 heterocycles. The van der Waals surface area contributed by atoms with Crippen LogP contribution in [0.25, 0.3) is 10.6 Å². The summed E-state index contributed by atoms with van der Waals surface area (Å²) in [6, 6.07) is 7.52. The molecule has 1 N–H and O–H groups in total. The summed E-state index contributed by atoms with van der Waals surface area (Å²) in [5.74, 6) is -0.405. The van der Waals surface area contributed by atoms with E-state index in [1.54, 1.807) is 14.0 Å². The number of carbonyl (C=O) groups excluding carboxylic acids is 1. The first-order chi connectivity index (χ1) is 11.6. The first-order valence-corrected chi connectivity index (χ1v) is 9.13. The van der Waals surface area contributed by atoms with Gasteiger partial charge in [0.25, 0.3) is 0 Å². The molecule has 2 aromatic heterocycles. The van der Waals surface area contributed by atoms with Gasteiger partial charge in [0.05, 0.1) is 16.4 Å². The molecule has 3 rings (SSSR count). The van der Waals surface area contributed by atoms with Crippen molar-refractivity contribution < 1.29 is 9.53 Å². The predicted molar refractivity (Wildman–Crippen MR) is 98.1 cm³/mol. The quantitative estimate of drug-likeness (QED) is 0.655. The van der Waals surface area contributed by atoms with Crippen LogP contribution in [-0.2, 0) is 11.3 Å². The van der Waals surface area contributed by atoms with Crippen molar-refractivity contribution in [3.8, 4) is 10.6 Å². The van der Waals surface area contributed by atoms with Crippen molar-refractivity contribution in [2.75, 3.05) is 12.4 Å². The summed E-state index contributed by atoms with van der Waals surface area (Å²) in [5, 5.41) is 6.97. The van der Waals surface area contributed by atoms with Gasteiger partial charge in [0, 0.05) is 18.0 Å². The molecule has 0 amide bonds. The van der Waals surface area contributed by atoms with E-state index in [0.717, 1.165) is 10.6 Å². The second-order valence-electron chi connectivity index (χ2n) is 4.92. The van der Waals surface area contributed by atoms with Crippen LogP contribution in [0, 0.1) is 6.92 Å². The maximum Gasteiger partial charge on any atom is 0.343 e. The molecule has 8 heteroatoms. The van der Waals surface area contributed by atoms with Crippen molar-refractivity contribution in [1.82, 2.24) is 9.36 Å². The van der Waals surface area contributed by atoms with E-state index in [1.165, 1.54) is 22.9 Å². The zero-order valence-electron chi connectivity index (χ0n) is 13.0. The molecule has 3 aromatic rings. The minimum atomic E-state index is -0.405. The molecule has 0 saturated heterocycles. The second-order valence-corrected chi connectivity index (χ2v) is 6.96. The fourth-order valence-corrected chi connectivity index (χ4v) is 3.98. The maximum absolute atomic E-state index is 12.3. The zero-order valence-corrected chi connectivity index (χ0v) is 15.4. The Balaban J connectivity index is 1.71. The Bertz CT molecular complexity index is 876. The van der Waals surface area contributed by atoms with Gasteiger partial charge in [0.1, 0.15) is 22.2 Å². The lowest BCUT2D eigenvalue weighted by Crippen LogP contribution is -2.08. The highest BCUT2D eigenvalue weighted by Crippen LogP contribution is 2.30. The summed E-state index contributed by atoms with van der Waals surface area (Å²) in [7, 11) is 1.75. The average Bonchev–Trinajstić information content (AvgIpc) is 3.19. The number of carbonyl (C=O) groups is 1. The normalized spacial score (nSPS) is 10.6. The van der Waals surface area contributed by atoms with Crippen molar-refractivity contribution >= 4 is 45.4 Å². The molecule has 0 fully saturated rings. The Morgan fingerprint density at radius 1 is 1.38 bits per heavy atom. The molecule has 0 aliphatic heterocycles. The summed E-state index contributed by atoms with van der Waals surface area (Å²) in [6.07, 6.45) is 0. The number of rotatable bonds is 5. The third kappa shape index (κ3) is 3.43. The van der Waals surface area contributed by atoms with Gasteiger partial charge in [-0.1, -0.05) is 29.8 Å². The lowest BCUT2D eigenvalue weighted by Gasteiger charge is -2.04. The Kier molecular flexibility index (Phi) is 5.13. The number of ether oxygens (including phenoxy) is 1. The number of halogens is 1. The highest BCUT2D eigenvalue weighted by molar-refractivity contribution is 7.13. The second kappa shape index (κ2) is 7.29. The summed E-state index contributed by atoms with van der Waals surface area (Å²) >= 11 is 8.89. The van der Waals surface area contributed by atoms with Crippen LogP contribution in [0.2, 0.25) is 5.02 Å². The lowest BCUT2D eigenvalue weighted by atomic mass is 10.2. The molecular formula is C16H14ClN3O2S2. The molecule has 0 saturated carbocycles. The smallest absolute Gasteiger partial charge is 0.343 e. The van der Waals surface area contributed by atoms with Crippen LogP contribution in [0.15, 0.2) is 29.6 Å². The molecule has 0 bridgehead atoms. The number of nitrogens with one attached hydrogen (secondary N) is 1. The topological polar surface area (TPSA) is 64.1 Å². The number of hydrogen-bond donors (Lipinski definition) is 1. The van der Waals surface area contributed by atoms with E-state index in [-0.39, 0.29) is 6.61 Å². The Morgan fingerprint density at radius 3 is 2.92 bits per heavy atom. The number of nitrogens with zero attached hydrogens (tertiary/aromatic N) is 2. The number of anilines is 1. The van der Waals surface area contributed by atoms with Crippen LogP contribution in [-0.4, -0.2) is 22.4 Å². The number of hydrogen-bond acceptors (Lipinski definition) is 7. The van der Waals surface area contributed by atoms with Crippen molar-refractivity contribution in [2.45, 2.75) is 13.5 Å². The maximum atomic E-state index is 12.3. The molecule has 0 aliphatic carbocycles. The van der Waals surface area contributed by atoms with Crippen LogP contribution in [0.1, 0.15) is 21.7 Å². The van der Waals surface area contributed by atoms with Crippen LogP contribution >= 0.6 is 34.5 Å². The van der Waals surface area contributed by atoms with Gasteiger partial charge in [-0.2, -0.15) is 4.37 Å². The molecule has 124 valence electrons. The largest absolute Gasteiger partial charge is 0.455 e. The van der Waals surface area contributed by atoms with Crippen LogP contribution in [0.4, 0.5) is 5.00 Å². The van der Waals surface area contributed by atoms with Crippen molar-refractivity contribution in [3.05, 3.63) is 51.6 Å². The summed E-state index contributed by atoms with van der Waals surface area (Å²) in [4.78, 5) is 16.8. The van der Waals surface area contributed by atoms with E-state index in [0.29, 0.717) is 27.0 Å². The van der Waals surface area contributed by atoms with Gasteiger partial charge < -0.3 is 10.1 Å². The Hall–Kier alpha value is -1.96. The molecular weight excluding hydrogens is 366 g/mol. The summed E-state index contributed by atoms with van der Waals surface area (Å²) < 4.78 is 9.54. The van der Waals surface area contributed by atoms with Crippen LogP contribution in [0.5, 0.6) is 0 Å². The Morgan fingerprint density at radius 2 is 2.17 bits per heavy atom. The molecule has 0 atom stereocenters. The van der Waals surface area contributed by atoms with Crippen molar-refractivity contribution in [2.24, 2.45) is 0 Å². The third-order valence-corrected chi connectivity index (χ3v) is 5.51. The van der Waals surface area contributed by atoms with Gasteiger partial charge in [-0.25, -0.2) is 9.78 Å². The van der Waals surface area contributed by atoms with E-state index in [2.05, 4.69) is 14.7 Å². The summed E-state index contributed by atoms with van der Waals surface area (Å²) in [5.41, 5.74) is 2.70. The monoisotopic (exact) mass is 379 g/mol. The van der Waals surface area contributed by atoms with Gasteiger partial charge in [0.15, 0.2) is 0 Å². The van der Waals surface area contributed by atoms with Crippen molar-refractivity contribution in [1.29, 1.82) is 0 Å². The van der Waals surface area contributed by atoms with Crippen LogP contribution in [0.3, 0.4) is 0 Å². The van der Waals surface area contributed by atoms with Gasteiger partial charge >= 0.3 is 5.97 Å². The minimum absolute atomic E-state index is 0.109. The summed E-state index contributed by atoms with van der Waals surface area (Å²) in [6.45, 7) is 1.89. The number of aryl methyl sites for hydroxylation is 1. The third-order valence-electron chi connectivity index (χ3n) is 3.30. The molecule has 5 nitrogen and oxygen atoms in total. The minimum Gasteiger partial charge on any atom is -0.455 e. The first-order valence-electron chi connectivity index (χ1n) is 7.10. The van der Waals surface area contributed by atoms with Gasteiger partial charge in [-0.3, -0.25) is 0 Å². The van der Waals surface area contributed by atoms with E-state index in [9.17, 15) is 4.79 Å². The number of aromatic nitrogens is 2. The molecule has 0 radical (unpaired) electrons. The van der Waals surface area contributed by atoms with Crippen molar-refractivity contribution in [3.63, 3.8) is 0 Å². The number of benzene rings is 1. The highest BCUT2D eigenvalue weighted by atomic mass is 35.5. The van der Waals surface area contributed by atoms with E-state index < -0.39 is 5.97 Å². The molecule has 1 aromatic carbocycles. The molecule has 24 heavy (non-hydrogen) atoms. The number of esters is 1. The average molecular weight is 380 g/mol. The van der Waals surface area contributed by atoms with E-state index >= 15 is 0 Å². The zero-order chi connectivity index (χ0) is 17.1. The van der Waals surface area contributed by atoms with E-state index in [1.807, 2.05) is 29.6 Å². The van der Waals surface area contributed by atoms with Crippen LogP contribution < -0.4 is 5.32 Å². The van der Waals surface area contributed by atoms with Gasteiger partial charge in [-0.05, 0) is 24.5 Å². The molecule has 0 unspecified atom stereocenters. The van der Waals surface area contributed by atoms with Gasteiger partial charge in [0.2, 0.25) is 0 Å².